The highest BCUT2D eigenvalue weighted by Gasteiger charge is 2.31. The van der Waals surface area contributed by atoms with Gasteiger partial charge in [-0.25, -0.2) is 8.42 Å². The molecule has 198 valence electrons. The Labute approximate surface area is 213 Å². The number of aromatic nitrogens is 2. The van der Waals surface area contributed by atoms with Gasteiger partial charge in [-0.15, -0.1) is 10.2 Å². The summed E-state index contributed by atoms with van der Waals surface area (Å²) in [4.78, 5) is 14.9. The molecular weight excluding hydrogens is 509 g/mol. The second-order valence-electron chi connectivity index (χ2n) is 8.72. The predicted octanol–water partition coefficient (Wildman–Crippen LogP) is 4.81. The fraction of sp³-hybridized carbons (Fsp3) is 0.400. The Morgan fingerprint density at radius 1 is 1.05 bits per heavy atom. The molecule has 12 heteroatoms. The van der Waals surface area contributed by atoms with Crippen LogP contribution in [0.5, 0.6) is 0 Å². The number of piperidine rings is 1. The maximum atomic E-state index is 13.1. The number of alkyl halides is 3. The van der Waals surface area contributed by atoms with Gasteiger partial charge in [0, 0.05) is 37.3 Å². The number of nitrogens with zero attached hydrogens (tertiary/aromatic N) is 4. The van der Waals surface area contributed by atoms with Crippen LogP contribution in [0.2, 0.25) is 0 Å². The van der Waals surface area contributed by atoms with E-state index < -0.39 is 21.8 Å². The first-order valence-electron chi connectivity index (χ1n) is 11.9. The molecule has 1 amide bonds. The monoisotopic (exact) mass is 536 g/mol. The van der Waals surface area contributed by atoms with Gasteiger partial charge in [0.05, 0.1) is 16.4 Å². The first kappa shape index (κ1) is 26.8. The van der Waals surface area contributed by atoms with Crippen molar-refractivity contribution in [3.63, 3.8) is 0 Å². The molecule has 2 aromatic carbocycles. The normalized spacial score (nSPS) is 16.8. The Hall–Kier alpha value is -3.25. The van der Waals surface area contributed by atoms with Crippen molar-refractivity contribution in [1.82, 2.24) is 19.4 Å². The summed E-state index contributed by atoms with van der Waals surface area (Å²) in [5.41, 5.74) is -0.0264. The summed E-state index contributed by atoms with van der Waals surface area (Å²) >= 11 is 0. The SMILES string of the molecule is CCN(CC)S(=O)(=O)c1ccc(C(=O)N2CCCC(c3nnc(-c4ccc(C(F)(F)F)cc4)o3)C2)cc1. The van der Waals surface area contributed by atoms with Crippen LogP contribution < -0.4 is 0 Å². The van der Waals surface area contributed by atoms with Crippen molar-refractivity contribution in [2.24, 2.45) is 0 Å². The van der Waals surface area contributed by atoms with Crippen LogP contribution in [-0.4, -0.2) is 59.9 Å². The Kier molecular flexibility index (Phi) is 7.69. The molecule has 0 radical (unpaired) electrons. The molecule has 1 unspecified atom stereocenters. The van der Waals surface area contributed by atoms with Crippen LogP contribution in [0.25, 0.3) is 11.5 Å². The van der Waals surface area contributed by atoms with E-state index in [4.69, 9.17) is 4.42 Å². The number of likely N-dealkylation sites (tertiary alicyclic amines) is 1. The third kappa shape index (κ3) is 5.69. The molecule has 4 rings (SSSR count). The topological polar surface area (TPSA) is 96.6 Å². The molecule has 1 aliphatic heterocycles. The number of carbonyl (C=O) groups is 1. The summed E-state index contributed by atoms with van der Waals surface area (Å²) in [5, 5.41) is 8.06. The number of amides is 1. The fourth-order valence-corrected chi connectivity index (χ4v) is 5.80. The number of rotatable bonds is 7. The predicted molar refractivity (Wildman–Crippen MR) is 129 cm³/mol. The van der Waals surface area contributed by atoms with Gasteiger partial charge >= 0.3 is 6.18 Å². The van der Waals surface area contributed by atoms with Crippen LogP contribution in [0, 0.1) is 0 Å². The van der Waals surface area contributed by atoms with Gasteiger partial charge in [-0.1, -0.05) is 13.8 Å². The van der Waals surface area contributed by atoms with Crippen LogP contribution in [0.3, 0.4) is 0 Å². The lowest BCUT2D eigenvalue weighted by molar-refractivity contribution is -0.137. The molecule has 0 spiro atoms. The van der Waals surface area contributed by atoms with E-state index in [0.717, 1.165) is 12.1 Å². The molecule has 0 saturated carbocycles. The van der Waals surface area contributed by atoms with Gasteiger partial charge in [0.2, 0.25) is 21.8 Å². The molecule has 0 N–H and O–H groups in total. The van der Waals surface area contributed by atoms with Crippen molar-refractivity contribution in [2.75, 3.05) is 26.2 Å². The summed E-state index contributed by atoms with van der Waals surface area (Å²) in [6, 6.07) is 10.4. The van der Waals surface area contributed by atoms with E-state index in [2.05, 4.69) is 10.2 Å². The van der Waals surface area contributed by atoms with Gasteiger partial charge in [-0.05, 0) is 61.4 Å². The van der Waals surface area contributed by atoms with Gasteiger partial charge in [0.25, 0.3) is 5.91 Å². The average Bonchev–Trinajstić information content (AvgIpc) is 3.39. The molecule has 0 aliphatic carbocycles. The molecule has 8 nitrogen and oxygen atoms in total. The van der Waals surface area contributed by atoms with Crippen LogP contribution in [0.1, 0.15) is 54.4 Å². The number of hydrogen-bond donors (Lipinski definition) is 0. The van der Waals surface area contributed by atoms with E-state index in [1.807, 2.05) is 0 Å². The molecule has 1 fully saturated rings. The smallest absolute Gasteiger partial charge is 0.416 e. The fourth-order valence-electron chi connectivity index (χ4n) is 4.35. The second-order valence-corrected chi connectivity index (χ2v) is 10.7. The van der Waals surface area contributed by atoms with Crippen LogP contribution >= 0.6 is 0 Å². The zero-order valence-corrected chi connectivity index (χ0v) is 21.2. The Balaban J connectivity index is 1.45. The van der Waals surface area contributed by atoms with Crippen molar-refractivity contribution in [2.45, 2.75) is 43.7 Å². The summed E-state index contributed by atoms with van der Waals surface area (Å²) in [6.45, 7) is 5.08. The standard InChI is InChI=1S/C25H27F3N4O4S/c1-3-32(4-2)37(34,35)21-13-9-18(10-14-21)24(33)31-15-5-6-19(16-31)23-30-29-22(36-23)17-7-11-20(12-8-17)25(26,27)28/h7-14,19H,3-6,15-16H2,1-2H3. The minimum absolute atomic E-state index is 0.108. The third-order valence-electron chi connectivity index (χ3n) is 6.40. The number of sulfonamides is 1. The average molecular weight is 537 g/mol. The zero-order valence-electron chi connectivity index (χ0n) is 20.4. The molecule has 1 aromatic heterocycles. The van der Waals surface area contributed by atoms with Gasteiger partial charge in [-0.3, -0.25) is 4.79 Å². The van der Waals surface area contributed by atoms with Crippen molar-refractivity contribution in [1.29, 1.82) is 0 Å². The Bertz CT molecular complexity index is 1340. The summed E-state index contributed by atoms with van der Waals surface area (Å²) in [7, 11) is -3.62. The highest BCUT2D eigenvalue weighted by Crippen LogP contribution is 2.32. The number of carbonyl (C=O) groups excluding carboxylic acids is 1. The lowest BCUT2D eigenvalue weighted by Crippen LogP contribution is -2.39. The van der Waals surface area contributed by atoms with Gasteiger partial charge in [0.15, 0.2) is 0 Å². The summed E-state index contributed by atoms with van der Waals surface area (Å²) < 4.78 is 70.9. The highest BCUT2D eigenvalue weighted by molar-refractivity contribution is 7.89. The van der Waals surface area contributed by atoms with E-state index in [1.54, 1.807) is 18.7 Å². The van der Waals surface area contributed by atoms with Crippen molar-refractivity contribution < 1.29 is 30.8 Å². The zero-order chi connectivity index (χ0) is 26.8. The molecule has 1 aliphatic rings. The largest absolute Gasteiger partial charge is 0.420 e. The lowest BCUT2D eigenvalue weighted by Gasteiger charge is -2.31. The van der Waals surface area contributed by atoms with Crippen LogP contribution in [-0.2, 0) is 16.2 Å². The van der Waals surface area contributed by atoms with E-state index in [-0.39, 0.29) is 22.6 Å². The maximum Gasteiger partial charge on any atom is 0.416 e. The Morgan fingerprint density at radius 2 is 1.70 bits per heavy atom. The number of halogens is 3. The first-order chi connectivity index (χ1) is 17.5. The van der Waals surface area contributed by atoms with Crippen molar-refractivity contribution in [3.8, 4) is 11.5 Å². The molecule has 0 bridgehead atoms. The minimum Gasteiger partial charge on any atom is -0.420 e. The summed E-state index contributed by atoms with van der Waals surface area (Å²) in [6.07, 6.45) is -3.03. The highest BCUT2D eigenvalue weighted by atomic mass is 32.2. The van der Waals surface area contributed by atoms with E-state index in [1.165, 1.54) is 40.7 Å². The van der Waals surface area contributed by atoms with Gasteiger partial charge < -0.3 is 9.32 Å². The lowest BCUT2D eigenvalue weighted by atomic mass is 9.97. The molecular formula is C25H27F3N4O4S. The minimum atomic E-state index is -4.43. The quantitative estimate of drug-likeness (QED) is 0.430. The van der Waals surface area contributed by atoms with E-state index in [0.29, 0.717) is 56.0 Å². The Morgan fingerprint density at radius 3 is 2.30 bits per heavy atom. The van der Waals surface area contributed by atoms with Gasteiger partial charge in [-0.2, -0.15) is 17.5 Å². The number of benzene rings is 2. The van der Waals surface area contributed by atoms with Crippen molar-refractivity contribution >= 4 is 15.9 Å². The molecule has 1 atom stereocenters. The summed E-state index contributed by atoms with van der Waals surface area (Å²) in [5.74, 6) is -0.0417. The van der Waals surface area contributed by atoms with E-state index in [9.17, 15) is 26.4 Å². The van der Waals surface area contributed by atoms with Crippen LogP contribution in [0.4, 0.5) is 13.2 Å². The number of hydrogen-bond acceptors (Lipinski definition) is 6. The third-order valence-corrected chi connectivity index (χ3v) is 8.47. The second kappa shape index (κ2) is 10.6. The van der Waals surface area contributed by atoms with E-state index >= 15 is 0 Å². The first-order valence-corrected chi connectivity index (χ1v) is 13.4. The molecule has 37 heavy (non-hydrogen) atoms. The maximum absolute atomic E-state index is 13.1. The van der Waals surface area contributed by atoms with Crippen LogP contribution in [0.15, 0.2) is 57.8 Å². The molecule has 2 heterocycles. The molecule has 3 aromatic rings. The van der Waals surface area contributed by atoms with Gasteiger partial charge in [0.1, 0.15) is 0 Å². The van der Waals surface area contributed by atoms with Crippen molar-refractivity contribution in [3.05, 3.63) is 65.5 Å². The molecule has 1 saturated heterocycles.